The average molecular weight is 407 g/mol. The molecule has 1 fully saturated rings. The Hall–Kier alpha value is -3.61. The van der Waals surface area contributed by atoms with Gasteiger partial charge in [0.15, 0.2) is 5.76 Å². The predicted molar refractivity (Wildman–Crippen MR) is 108 cm³/mol. The van der Waals surface area contributed by atoms with Crippen molar-refractivity contribution in [2.45, 2.75) is 12.8 Å². The summed E-state index contributed by atoms with van der Waals surface area (Å²) in [7, 11) is 1.29. The van der Waals surface area contributed by atoms with Crippen LogP contribution in [0.4, 0.5) is 0 Å². The molecule has 1 aromatic heterocycles. The number of nitrogens with zero attached hydrogens (tertiary/aromatic N) is 1. The zero-order valence-corrected chi connectivity index (χ0v) is 16.5. The van der Waals surface area contributed by atoms with Gasteiger partial charge < -0.3 is 18.8 Å². The number of rotatable bonds is 4. The molecule has 0 N–H and O–H groups in total. The van der Waals surface area contributed by atoms with E-state index in [0.717, 1.165) is 10.8 Å². The molecule has 0 spiro atoms. The van der Waals surface area contributed by atoms with Crippen LogP contribution in [-0.4, -0.2) is 42.9 Å². The van der Waals surface area contributed by atoms with Crippen molar-refractivity contribution < 1.29 is 28.3 Å². The maximum absolute atomic E-state index is 12.8. The van der Waals surface area contributed by atoms with Crippen LogP contribution in [0, 0.1) is 5.92 Å². The van der Waals surface area contributed by atoms with Crippen molar-refractivity contribution in [2.24, 2.45) is 5.92 Å². The molecule has 7 nitrogen and oxygen atoms in total. The van der Waals surface area contributed by atoms with E-state index in [-0.39, 0.29) is 28.9 Å². The molecular weight excluding hydrogens is 386 g/mol. The van der Waals surface area contributed by atoms with Crippen LogP contribution in [-0.2, 0) is 9.53 Å². The summed E-state index contributed by atoms with van der Waals surface area (Å²) in [6, 6.07) is 14.1. The van der Waals surface area contributed by atoms with E-state index in [9.17, 15) is 14.4 Å². The van der Waals surface area contributed by atoms with Gasteiger partial charge in [0.1, 0.15) is 11.3 Å². The molecule has 3 aromatic rings. The number of amides is 1. The van der Waals surface area contributed by atoms with E-state index in [2.05, 4.69) is 0 Å². The first-order valence-electron chi connectivity index (χ1n) is 9.72. The highest BCUT2D eigenvalue weighted by Crippen LogP contribution is 2.29. The number of likely N-dealkylation sites (tertiary alicyclic amines) is 1. The first kappa shape index (κ1) is 19.7. The minimum atomic E-state index is -0.567. The summed E-state index contributed by atoms with van der Waals surface area (Å²) in [5, 5.41) is 1.70. The van der Waals surface area contributed by atoms with Gasteiger partial charge in [-0.05, 0) is 47.9 Å². The van der Waals surface area contributed by atoms with Crippen molar-refractivity contribution in [2.75, 3.05) is 20.2 Å². The molecule has 0 saturated carbocycles. The number of carbonyl (C=O) groups is 3. The summed E-state index contributed by atoms with van der Waals surface area (Å²) in [4.78, 5) is 39.0. The van der Waals surface area contributed by atoms with Gasteiger partial charge in [-0.2, -0.15) is 0 Å². The lowest BCUT2D eigenvalue weighted by Gasteiger charge is -2.30. The summed E-state index contributed by atoms with van der Waals surface area (Å²) in [6.07, 6.45) is 2.42. The van der Waals surface area contributed by atoms with E-state index in [1.807, 2.05) is 24.3 Å². The van der Waals surface area contributed by atoms with Crippen molar-refractivity contribution in [1.82, 2.24) is 4.90 Å². The molecular formula is C23H21NO6. The van der Waals surface area contributed by atoms with Gasteiger partial charge in [-0.3, -0.25) is 9.59 Å². The van der Waals surface area contributed by atoms with Crippen LogP contribution in [0.2, 0.25) is 0 Å². The monoisotopic (exact) mass is 407 g/mol. The summed E-state index contributed by atoms with van der Waals surface area (Å²) < 4.78 is 15.6. The van der Waals surface area contributed by atoms with Gasteiger partial charge >= 0.3 is 11.9 Å². The van der Waals surface area contributed by atoms with E-state index < -0.39 is 11.9 Å². The zero-order valence-electron chi connectivity index (χ0n) is 16.5. The fraction of sp³-hybridized carbons (Fsp3) is 0.261. The summed E-state index contributed by atoms with van der Waals surface area (Å²) >= 11 is 0. The number of piperidine rings is 1. The van der Waals surface area contributed by atoms with Gasteiger partial charge in [0, 0.05) is 13.1 Å². The number of benzene rings is 2. The molecule has 1 aliphatic rings. The topological polar surface area (TPSA) is 86.0 Å². The third-order valence-electron chi connectivity index (χ3n) is 5.31. The fourth-order valence-corrected chi connectivity index (χ4v) is 3.64. The second kappa shape index (κ2) is 8.41. The van der Waals surface area contributed by atoms with Gasteiger partial charge in [-0.25, -0.2) is 4.79 Å². The van der Waals surface area contributed by atoms with E-state index in [4.69, 9.17) is 13.9 Å². The summed E-state index contributed by atoms with van der Waals surface area (Å²) in [5.41, 5.74) is 0.204. The van der Waals surface area contributed by atoms with Crippen LogP contribution < -0.4 is 4.74 Å². The number of ether oxygens (including phenoxy) is 2. The molecule has 4 rings (SSSR count). The first-order valence-corrected chi connectivity index (χ1v) is 9.72. The predicted octanol–water partition coefficient (Wildman–Crippen LogP) is 3.68. The third kappa shape index (κ3) is 3.91. The highest BCUT2D eigenvalue weighted by Gasteiger charge is 2.30. The zero-order chi connectivity index (χ0) is 21.1. The lowest BCUT2D eigenvalue weighted by Crippen LogP contribution is -2.41. The Morgan fingerprint density at radius 1 is 1.00 bits per heavy atom. The molecule has 7 heteroatoms. The highest BCUT2D eigenvalue weighted by atomic mass is 16.5. The molecule has 0 unspecified atom stereocenters. The number of hydrogen-bond acceptors (Lipinski definition) is 6. The van der Waals surface area contributed by atoms with Crippen molar-refractivity contribution in [3.63, 3.8) is 0 Å². The number of carbonyl (C=O) groups excluding carboxylic acids is 3. The molecule has 1 amide bonds. The van der Waals surface area contributed by atoms with Crippen LogP contribution in [0.1, 0.15) is 33.8 Å². The molecule has 0 aliphatic carbocycles. The van der Waals surface area contributed by atoms with E-state index >= 15 is 0 Å². The highest BCUT2D eigenvalue weighted by molar-refractivity contribution is 5.99. The number of fused-ring (bicyclic) bond motifs is 1. The van der Waals surface area contributed by atoms with E-state index in [0.29, 0.717) is 25.9 Å². The average Bonchev–Trinajstić information content (AvgIpc) is 3.32. The van der Waals surface area contributed by atoms with Crippen molar-refractivity contribution in [1.29, 1.82) is 0 Å². The number of methoxy groups -OCH3 is 1. The lowest BCUT2D eigenvalue weighted by atomic mass is 9.96. The molecule has 0 radical (unpaired) electrons. The Kier molecular flexibility index (Phi) is 5.52. The fourth-order valence-electron chi connectivity index (χ4n) is 3.64. The van der Waals surface area contributed by atoms with Crippen LogP contribution >= 0.6 is 0 Å². The van der Waals surface area contributed by atoms with E-state index in [1.165, 1.54) is 13.4 Å². The van der Waals surface area contributed by atoms with Crippen LogP contribution in [0.5, 0.6) is 5.75 Å². The van der Waals surface area contributed by atoms with E-state index in [1.54, 1.807) is 29.2 Å². The van der Waals surface area contributed by atoms with Gasteiger partial charge in [0.2, 0.25) is 0 Å². The minimum Gasteiger partial charge on any atom is -0.465 e. The smallest absolute Gasteiger partial charge is 0.341 e. The van der Waals surface area contributed by atoms with Gasteiger partial charge in [-0.1, -0.05) is 24.3 Å². The third-order valence-corrected chi connectivity index (χ3v) is 5.31. The van der Waals surface area contributed by atoms with Crippen molar-refractivity contribution >= 4 is 28.6 Å². The summed E-state index contributed by atoms with van der Waals surface area (Å²) in [5.74, 6) is -1.06. The minimum absolute atomic E-state index is 0.180. The molecule has 0 bridgehead atoms. The quantitative estimate of drug-likeness (QED) is 0.484. The Morgan fingerprint density at radius 3 is 2.33 bits per heavy atom. The molecule has 30 heavy (non-hydrogen) atoms. The number of esters is 2. The Balaban J connectivity index is 1.47. The van der Waals surface area contributed by atoms with Crippen molar-refractivity contribution in [3.05, 3.63) is 66.1 Å². The van der Waals surface area contributed by atoms with Crippen molar-refractivity contribution in [3.8, 4) is 5.75 Å². The molecule has 0 atom stereocenters. The second-order valence-electron chi connectivity index (χ2n) is 7.15. The lowest BCUT2D eigenvalue weighted by molar-refractivity contribution is -0.140. The largest absolute Gasteiger partial charge is 0.465 e. The summed E-state index contributed by atoms with van der Waals surface area (Å²) in [6.45, 7) is 0.863. The standard InChI is InChI=1S/C23H21NO6/c1-28-23(27)18-13-16-5-2-3-6-17(16)14-20(18)30-22(26)15-8-10-24(11-9-15)21(25)19-7-4-12-29-19/h2-7,12-15H,8-11H2,1H3. The normalized spacial score (nSPS) is 14.5. The first-order chi connectivity index (χ1) is 14.6. The van der Waals surface area contributed by atoms with Crippen LogP contribution in [0.3, 0.4) is 0 Å². The Bertz CT molecular complexity index is 1080. The molecule has 2 aromatic carbocycles. The van der Waals surface area contributed by atoms with Gasteiger partial charge in [0.05, 0.1) is 19.3 Å². The Labute approximate surface area is 173 Å². The molecule has 2 heterocycles. The Morgan fingerprint density at radius 2 is 1.70 bits per heavy atom. The van der Waals surface area contributed by atoms with Gasteiger partial charge in [-0.15, -0.1) is 0 Å². The van der Waals surface area contributed by atoms with Gasteiger partial charge in [0.25, 0.3) is 5.91 Å². The van der Waals surface area contributed by atoms with Crippen LogP contribution in [0.25, 0.3) is 10.8 Å². The SMILES string of the molecule is COC(=O)c1cc2ccccc2cc1OC(=O)C1CCN(C(=O)c2ccco2)CC1. The molecule has 1 saturated heterocycles. The van der Waals surface area contributed by atoms with Crippen LogP contribution in [0.15, 0.2) is 59.2 Å². The number of hydrogen-bond donors (Lipinski definition) is 0. The number of furan rings is 1. The molecule has 1 aliphatic heterocycles. The maximum Gasteiger partial charge on any atom is 0.341 e. The maximum atomic E-state index is 12.8. The molecule has 154 valence electrons. The second-order valence-corrected chi connectivity index (χ2v) is 7.15.